The van der Waals surface area contributed by atoms with E-state index in [0.29, 0.717) is 0 Å². The minimum Gasteiger partial charge on any atom is -0.0622 e. The summed E-state index contributed by atoms with van der Waals surface area (Å²) in [5.74, 6) is 0. The minimum absolute atomic E-state index is 1.23. The summed E-state index contributed by atoms with van der Waals surface area (Å²) in [6.45, 7) is 4.49. The molecule has 0 saturated carbocycles. The molecular weight excluding hydrogens is 721 g/mol. The van der Waals surface area contributed by atoms with Crippen molar-refractivity contribution in [1.82, 2.24) is 0 Å². The molecule has 0 fully saturated rings. The number of hydrogen-bond acceptors (Lipinski definition) is 0. The van der Waals surface area contributed by atoms with Gasteiger partial charge in [-0.2, -0.15) is 0 Å². The van der Waals surface area contributed by atoms with E-state index in [0.717, 1.165) is 0 Å². The number of fused-ring (bicyclic) bond motifs is 10. The third kappa shape index (κ3) is 4.56. The SMILES string of the molecule is Cc1cc2c(cc1C)c1cc3c(-c4ccccc4)c4c5cccc6c7ccc(-c8ccccc8-c8ccccc8)cc7cc(c4c(-c4ccccc4)c3c3cccc2c13)c65. The zero-order valence-electron chi connectivity index (χ0n) is 33.5. The van der Waals surface area contributed by atoms with E-state index in [1.54, 1.807) is 0 Å². The van der Waals surface area contributed by atoms with Crippen LogP contribution in [-0.2, 0) is 0 Å². The van der Waals surface area contributed by atoms with Crippen molar-refractivity contribution in [2.24, 2.45) is 0 Å². The molecule has 0 radical (unpaired) electrons. The van der Waals surface area contributed by atoms with Crippen molar-refractivity contribution >= 4 is 86.2 Å². The van der Waals surface area contributed by atoms with Crippen LogP contribution in [0.2, 0.25) is 0 Å². The topological polar surface area (TPSA) is 0 Å². The average molecular weight is 759 g/mol. The van der Waals surface area contributed by atoms with Crippen LogP contribution in [0, 0.1) is 13.8 Å². The molecule has 0 unspecified atom stereocenters. The fraction of sp³-hybridized carbons (Fsp3) is 0.0333. The van der Waals surface area contributed by atoms with E-state index in [1.807, 2.05) is 0 Å². The second-order valence-electron chi connectivity index (χ2n) is 16.8. The Labute approximate surface area is 348 Å². The lowest BCUT2D eigenvalue weighted by molar-refractivity contribution is 1.37. The molecule has 0 aliphatic rings. The number of hydrogen-bond donors (Lipinski definition) is 0. The predicted molar refractivity (Wildman–Crippen MR) is 260 cm³/mol. The quantitative estimate of drug-likeness (QED) is 0.157. The van der Waals surface area contributed by atoms with Gasteiger partial charge in [-0.25, -0.2) is 0 Å². The molecule has 0 heteroatoms. The lowest BCUT2D eigenvalue weighted by Crippen LogP contribution is -1.91. The summed E-state index contributed by atoms with van der Waals surface area (Å²) in [6.07, 6.45) is 0. The highest BCUT2D eigenvalue weighted by Crippen LogP contribution is 2.55. The number of rotatable bonds is 4. The first-order valence-corrected chi connectivity index (χ1v) is 21.1. The Morgan fingerprint density at radius 3 is 1.40 bits per heavy atom. The van der Waals surface area contributed by atoms with Crippen molar-refractivity contribution in [1.29, 1.82) is 0 Å². The van der Waals surface area contributed by atoms with Crippen LogP contribution in [0.15, 0.2) is 194 Å². The zero-order valence-corrected chi connectivity index (χ0v) is 33.5. The lowest BCUT2D eigenvalue weighted by atomic mass is 9.83. The van der Waals surface area contributed by atoms with E-state index in [-0.39, 0.29) is 0 Å². The van der Waals surface area contributed by atoms with Gasteiger partial charge in [-0.05, 0) is 174 Å². The maximum atomic E-state index is 2.55. The first-order chi connectivity index (χ1) is 29.6. The fourth-order valence-electron chi connectivity index (χ4n) is 10.9. The standard InChI is InChI=1S/C60H38/c1-35-30-49-46-25-15-26-47-56(46)51(50(49)31-36(35)2)34-53-54(38-18-8-4-9-19-38)59-48-27-14-24-45-44-29-28-40(43-23-13-12-22-42(43)37-16-6-3-7-17-37)32-41(44)33-52(57(45)48)60(59)55(58(47)53)39-20-10-5-11-21-39/h3-34H,1-2H3. The minimum atomic E-state index is 1.23. The smallest absolute Gasteiger partial charge is 0.000697 e. The van der Waals surface area contributed by atoms with Crippen molar-refractivity contribution in [3.05, 3.63) is 205 Å². The van der Waals surface area contributed by atoms with Crippen LogP contribution < -0.4 is 0 Å². The average Bonchev–Trinajstić information content (AvgIpc) is 3.79. The van der Waals surface area contributed by atoms with E-state index in [2.05, 4.69) is 208 Å². The molecule has 0 N–H and O–H groups in total. The molecule has 13 aromatic carbocycles. The van der Waals surface area contributed by atoms with Gasteiger partial charge in [0.15, 0.2) is 0 Å². The third-order valence-electron chi connectivity index (χ3n) is 13.6. The van der Waals surface area contributed by atoms with Crippen molar-refractivity contribution in [2.45, 2.75) is 13.8 Å². The molecule has 13 aromatic rings. The van der Waals surface area contributed by atoms with Crippen LogP contribution >= 0.6 is 0 Å². The van der Waals surface area contributed by atoms with Gasteiger partial charge in [-0.15, -0.1) is 0 Å². The molecule has 0 atom stereocenters. The van der Waals surface area contributed by atoms with Gasteiger partial charge in [-0.1, -0.05) is 176 Å². The normalized spacial score (nSPS) is 12.2. The van der Waals surface area contributed by atoms with E-state index in [1.165, 1.54) is 142 Å². The number of aryl methyl sites for hydroxylation is 2. The highest BCUT2D eigenvalue weighted by Gasteiger charge is 2.27. The highest BCUT2D eigenvalue weighted by atomic mass is 14.3. The first-order valence-electron chi connectivity index (χ1n) is 21.1. The maximum absolute atomic E-state index is 2.55. The molecular formula is C60H38. The van der Waals surface area contributed by atoms with Gasteiger partial charge in [0, 0.05) is 0 Å². The van der Waals surface area contributed by atoms with E-state index in [9.17, 15) is 0 Å². The molecule has 0 spiro atoms. The van der Waals surface area contributed by atoms with Crippen molar-refractivity contribution < 1.29 is 0 Å². The summed E-state index contributed by atoms with van der Waals surface area (Å²) in [5, 5.41) is 21.1. The predicted octanol–water partition coefficient (Wildman–Crippen LogP) is 17.1. The third-order valence-corrected chi connectivity index (χ3v) is 13.6. The summed E-state index contributed by atoms with van der Waals surface area (Å²) in [4.78, 5) is 0. The highest BCUT2D eigenvalue weighted by molar-refractivity contribution is 6.46. The fourth-order valence-corrected chi connectivity index (χ4v) is 10.9. The van der Waals surface area contributed by atoms with Crippen molar-refractivity contribution in [2.75, 3.05) is 0 Å². The number of benzene rings is 11. The molecule has 0 saturated heterocycles. The van der Waals surface area contributed by atoms with Gasteiger partial charge in [0.25, 0.3) is 0 Å². The largest absolute Gasteiger partial charge is 0.0622 e. The maximum Gasteiger partial charge on any atom is -0.000697 e. The Hall–Kier alpha value is -7.54. The lowest BCUT2D eigenvalue weighted by Gasteiger charge is -2.19. The van der Waals surface area contributed by atoms with Crippen molar-refractivity contribution in [3.63, 3.8) is 0 Å². The van der Waals surface area contributed by atoms with Gasteiger partial charge in [0.05, 0.1) is 0 Å². The van der Waals surface area contributed by atoms with Gasteiger partial charge in [0.2, 0.25) is 0 Å². The molecule has 0 heterocycles. The van der Waals surface area contributed by atoms with Crippen LogP contribution in [0.1, 0.15) is 11.1 Å². The molecule has 0 bridgehead atoms. The Morgan fingerprint density at radius 1 is 0.233 bits per heavy atom. The molecule has 0 amide bonds. The van der Waals surface area contributed by atoms with Crippen LogP contribution in [-0.4, -0.2) is 0 Å². The molecule has 60 heavy (non-hydrogen) atoms. The Balaban J connectivity index is 1.25. The first kappa shape index (κ1) is 33.4. The summed E-state index contributed by atoms with van der Waals surface area (Å²) in [6, 6.07) is 73.0. The van der Waals surface area contributed by atoms with Crippen LogP contribution in [0.3, 0.4) is 0 Å². The molecule has 0 aromatic heterocycles. The van der Waals surface area contributed by atoms with Gasteiger partial charge in [0.1, 0.15) is 0 Å². The van der Waals surface area contributed by atoms with E-state index >= 15 is 0 Å². The van der Waals surface area contributed by atoms with Gasteiger partial charge >= 0.3 is 0 Å². The Morgan fingerprint density at radius 2 is 0.733 bits per heavy atom. The summed E-state index contributed by atoms with van der Waals surface area (Å²) >= 11 is 0. The molecule has 0 aliphatic carbocycles. The van der Waals surface area contributed by atoms with Gasteiger partial charge < -0.3 is 0 Å². The van der Waals surface area contributed by atoms with E-state index < -0.39 is 0 Å². The van der Waals surface area contributed by atoms with Crippen molar-refractivity contribution in [3.8, 4) is 44.5 Å². The second-order valence-corrected chi connectivity index (χ2v) is 16.8. The molecule has 13 rings (SSSR count). The summed E-state index contributed by atoms with van der Waals surface area (Å²) in [5.41, 5.74) is 12.7. The summed E-state index contributed by atoms with van der Waals surface area (Å²) in [7, 11) is 0. The Bertz CT molecular complexity index is 3860. The van der Waals surface area contributed by atoms with Crippen LogP contribution in [0.25, 0.3) is 131 Å². The monoisotopic (exact) mass is 758 g/mol. The Kier molecular flexibility index (Phi) is 6.95. The molecule has 0 aliphatic heterocycles. The van der Waals surface area contributed by atoms with E-state index in [4.69, 9.17) is 0 Å². The molecule has 278 valence electrons. The van der Waals surface area contributed by atoms with Crippen LogP contribution in [0.4, 0.5) is 0 Å². The zero-order chi connectivity index (χ0) is 39.6. The van der Waals surface area contributed by atoms with Crippen LogP contribution in [0.5, 0.6) is 0 Å². The second kappa shape index (κ2) is 12.5. The van der Waals surface area contributed by atoms with Gasteiger partial charge in [-0.3, -0.25) is 0 Å². The summed E-state index contributed by atoms with van der Waals surface area (Å²) < 4.78 is 0. The molecule has 0 nitrogen and oxygen atoms in total.